The maximum Gasteiger partial charge on any atom is 0.305 e. The molecule has 0 saturated heterocycles. The average molecular weight is 411 g/mol. The Labute approximate surface area is 174 Å². The molecule has 0 aliphatic heterocycles. The number of fused-ring (bicyclic) bond motifs is 1. The smallest absolute Gasteiger partial charge is 0.305 e. The molecular weight excluding hydrogens is 386 g/mol. The zero-order valence-corrected chi connectivity index (χ0v) is 17.1. The van der Waals surface area contributed by atoms with Crippen molar-refractivity contribution in [3.05, 3.63) is 60.2 Å². The summed E-state index contributed by atoms with van der Waals surface area (Å²) in [6.07, 6.45) is 0.585. The molecule has 1 heterocycles. The van der Waals surface area contributed by atoms with Gasteiger partial charge in [0.2, 0.25) is 0 Å². The second kappa shape index (κ2) is 10.6. The number of benzene rings is 2. The summed E-state index contributed by atoms with van der Waals surface area (Å²) in [4.78, 5) is 24.1. The first-order valence-corrected chi connectivity index (χ1v) is 9.64. The molecule has 0 spiro atoms. The monoisotopic (exact) mass is 411 g/mol. The van der Waals surface area contributed by atoms with E-state index in [1.165, 1.54) is 14.2 Å². The van der Waals surface area contributed by atoms with Gasteiger partial charge in [-0.15, -0.1) is 0 Å². The van der Waals surface area contributed by atoms with Crippen molar-refractivity contribution in [2.75, 3.05) is 27.6 Å². The fourth-order valence-corrected chi connectivity index (χ4v) is 3.04. The minimum atomic E-state index is -0.346. The number of carbonyl (C=O) groups is 2. The number of rotatable bonds is 10. The Morgan fingerprint density at radius 2 is 1.83 bits per heavy atom. The summed E-state index contributed by atoms with van der Waals surface area (Å²) in [6, 6.07) is 16.6. The van der Waals surface area contributed by atoms with Crippen molar-refractivity contribution >= 4 is 22.8 Å². The van der Waals surface area contributed by atoms with Crippen LogP contribution in [0.3, 0.4) is 0 Å². The number of amides is 1. The Balaban J connectivity index is 1.65. The molecule has 2 aromatic carbocycles. The van der Waals surface area contributed by atoms with Gasteiger partial charge in [-0.1, -0.05) is 30.3 Å². The Bertz CT molecular complexity index is 946. The first kappa shape index (κ1) is 21.5. The minimum absolute atomic E-state index is 0.108. The van der Waals surface area contributed by atoms with Gasteiger partial charge < -0.3 is 23.9 Å². The molecule has 1 atom stereocenters. The van der Waals surface area contributed by atoms with Crippen LogP contribution in [0.1, 0.15) is 23.2 Å². The molecule has 0 unspecified atom stereocenters. The van der Waals surface area contributed by atoms with Crippen molar-refractivity contribution in [3.63, 3.8) is 0 Å². The van der Waals surface area contributed by atoms with Crippen LogP contribution in [-0.4, -0.2) is 45.5 Å². The van der Waals surface area contributed by atoms with E-state index >= 15 is 0 Å². The standard InChI is InChI=1S/C23H25NO6/c1-27-15-29-14-19(11-12-22(25)28-2)24-23(26)17-9-7-16(8-10-17)21-13-18-5-3-4-6-20(18)30-21/h3-10,13,19H,11-12,14-15H2,1-2H3,(H,24,26)/t19-/m0/s1. The van der Waals surface area contributed by atoms with Gasteiger partial charge in [0.25, 0.3) is 5.91 Å². The second-order valence-corrected chi connectivity index (χ2v) is 6.79. The largest absolute Gasteiger partial charge is 0.469 e. The molecule has 0 aliphatic rings. The highest BCUT2D eigenvalue weighted by Gasteiger charge is 2.16. The van der Waals surface area contributed by atoms with Gasteiger partial charge in [0.05, 0.1) is 19.8 Å². The fourth-order valence-electron chi connectivity index (χ4n) is 3.04. The third-order valence-corrected chi connectivity index (χ3v) is 4.64. The van der Waals surface area contributed by atoms with Crippen LogP contribution in [0.25, 0.3) is 22.3 Å². The highest BCUT2D eigenvalue weighted by atomic mass is 16.7. The number of esters is 1. The van der Waals surface area contributed by atoms with Crippen LogP contribution in [0.15, 0.2) is 59.0 Å². The molecule has 0 radical (unpaired) electrons. The first-order valence-electron chi connectivity index (χ1n) is 9.64. The molecule has 0 saturated carbocycles. The van der Waals surface area contributed by atoms with Crippen molar-refractivity contribution in [2.45, 2.75) is 18.9 Å². The molecule has 0 bridgehead atoms. The Morgan fingerprint density at radius 3 is 2.53 bits per heavy atom. The van der Waals surface area contributed by atoms with Crippen LogP contribution in [0.2, 0.25) is 0 Å². The van der Waals surface area contributed by atoms with Crippen molar-refractivity contribution < 1.29 is 28.2 Å². The summed E-state index contributed by atoms with van der Waals surface area (Å²) in [5.74, 6) is 0.158. The molecule has 0 aliphatic carbocycles. The number of carbonyl (C=O) groups excluding carboxylic acids is 2. The number of hydrogen-bond acceptors (Lipinski definition) is 6. The number of hydrogen-bond donors (Lipinski definition) is 1. The molecule has 7 heteroatoms. The quantitative estimate of drug-likeness (QED) is 0.310. The fraction of sp³-hybridized carbons (Fsp3) is 0.304. The molecule has 1 amide bonds. The Kier molecular flexibility index (Phi) is 7.59. The molecule has 3 aromatic rings. The highest BCUT2D eigenvalue weighted by molar-refractivity contribution is 5.95. The second-order valence-electron chi connectivity index (χ2n) is 6.79. The molecule has 1 N–H and O–H groups in total. The first-order chi connectivity index (χ1) is 14.6. The topological polar surface area (TPSA) is 87.0 Å². The van der Waals surface area contributed by atoms with Gasteiger partial charge in [-0.3, -0.25) is 9.59 Å². The predicted molar refractivity (Wildman–Crippen MR) is 112 cm³/mol. The van der Waals surface area contributed by atoms with E-state index in [-0.39, 0.29) is 37.7 Å². The minimum Gasteiger partial charge on any atom is -0.469 e. The van der Waals surface area contributed by atoms with Crippen molar-refractivity contribution in [1.82, 2.24) is 5.32 Å². The molecular formula is C23H25NO6. The van der Waals surface area contributed by atoms with Crippen LogP contribution in [0.5, 0.6) is 0 Å². The normalized spacial score (nSPS) is 11.9. The molecule has 3 rings (SSSR count). The van der Waals surface area contributed by atoms with E-state index in [4.69, 9.17) is 13.9 Å². The van der Waals surface area contributed by atoms with Crippen LogP contribution in [0.4, 0.5) is 0 Å². The van der Waals surface area contributed by atoms with E-state index in [0.29, 0.717) is 12.0 Å². The predicted octanol–water partition coefficient (Wildman–Crippen LogP) is 3.77. The van der Waals surface area contributed by atoms with E-state index in [9.17, 15) is 9.59 Å². The number of nitrogens with one attached hydrogen (secondary N) is 1. The average Bonchev–Trinajstić information content (AvgIpc) is 3.21. The maximum atomic E-state index is 12.7. The molecule has 0 fully saturated rings. The zero-order valence-electron chi connectivity index (χ0n) is 17.1. The SMILES string of the molecule is COCOC[C@H](CCC(=O)OC)NC(=O)c1ccc(-c2cc3ccccc3o2)cc1. The lowest BCUT2D eigenvalue weighted by molar-refractivity contribution is -0.141. The summed E-state index contributed by atoms with van der Waals surface area (Å²) in [7, 11) is 2.85. The number of methoxy groups -OCH3 is 2. The molecule has 7 nitrogen and oxygen atoms in total. The summed E-state index contributed by atoms with van der Waals surface area (Å²) in [5, 5.41) is 3.93. The van der Waals surface area contributed by atoms with E-state index in [1.54, 1.807) is 12.1 Å². The van der Waals surface area contributed by atoms with Gasteiger partial charge in [0, 0.05) is 30.0 Å². The van der Waals surface area contributed by atoms with E-state index in [2.05, 4.69) is 10.1 Å². The summed E-state index contributed by atoms with van der Waals surface area (Å²) in [5.41, 5.74) is 2.21. The Hall–Kier alpha value is -3.16. The van der Waals surface area contributed by atoms with Gasteiger partial charge in [-0.25, -0.2) is 0 Å². The van der Waals surface area contributed by atoms with Crippen LogP contribution in [0, 0.1) is 0 Å². The van der Waals surface area contributed by atoms with Gasteiger partial charge in [-0.2, -0.15) is 0 Å². The van der Waals surface area contributed by atoms with Crippen LogP contribution >= 0.6 is 0 Å². The van der Waals surface area contributed by atoms with E-state index in [0.717, 1.165) is 22.3 Å². The number of furan rings is 1. The molecule has 30 heavy (non-hydrogen) atoms. The van der Waals surface area contributed by atoms with Crippen LogP contribution < -0.4 is 5.32 Å². The van der Waals surface area contributed by atoms with Gasteiger partial charge in [0.1, 0.15) is 18.1 Å². The van der Waals surface area contributed by atoms with Crippen molar-refractivity contribution in [1.29, 1.82) is 0 Å². The number of para-hydroxylation sites is 1. The molecule has 1 aromatic heterocycles. The molecule has 158 valence electrons. The third-order valence-electron chi connectivity index (χ3n) is 4.64. The van der Waals surface area contributed by atoms with Crippen molar-refractivity contribution in [2.24, 2.45) is 0 Å². The number of ether oxygens (including phenoxy) is 3. The summed E-state index contributed by atoms with van der Waals surface area (Å²) in [6.45, 7) is 0.338. The van der Waals surface area contributed by atoms with Gasteiger partial charge >= 0.3 is 5.97 Å². The highest BCUT2D eigenvalue weighted by Crippen LogP contribution is 2.27. The summed E-state index contributed by atoms with van der Waals surface area (Å²) < 4.78 is 20.8. The lowest BCUT2D eigenvalue weighted by atomic mass is 10.1. The van der Waals surface area contributed by atoms with Crippen LogP contribution in [-0.2, 0) is 19.0 Å². The Morgan fingerprint density at radius 1 is 1.07 bits per heavy atom. The lowest BCUT2D eigenvalue weighted by Gasteiger charge is -2.18. The summed E-state index contributed by atoms with van der Waals surface area (Å²) >= 11 is 0. The zero-order chi connectivity index (χ0) is 21.3. The third kappa shape index (κ3) is 5.68. The lowest BCUT2D eigenvalue weighted by Crippen LogP contribution is -2.38. The van der Waals surface area contributed by atoms with Gasteiger partial charge in [0.15, 0.2) is 0 Å². The van der Waals surface area contributed by atoms with Gasteiger partial charge in [-0.05, 0) is 30.7 Å². The maximum absolute atomic E-state index is 12.7. The van der Waals surface area contributed by atoms with E-state index < -0.39 is 0 Å². The van der Waals surface area contributed by atoms with E-state index in [1.807, 2.05) is 42.5 Å². The van der Waals surface area contributed by atoms with Crippen molar-refractivity contribution in [3.8, 4) is 11.3 Å².